The molecule has 0 atom stereocenters. The normalized spacial score (nSPS) is 11.2. The minimum atomic E-state index is -3.58. The van der Waals surface area contributed by atoms with Crippen molar-refractivity contribution in [3.63, 3.8) is 0 Å². The molecule has 0 fully saturated rings. The topological polar surface area (TPSA) is 46.2 Å². The summed E-state index contributed by atoms with van der Waals surface area (Å²) in [4.78, 5) is 0.213. The van der Waals surface area contributed by atoms with Gasteiger partial charge in [0.25, 0.3) is 10.0 Å². The molecular weight excluding hydrogens is 382 g/mol. The molecule has 0 aromatic heterocycles. The molecule has 0 spiro atoms. The summed E-state index contributed by atoms with van der Waals surface area (Å²) in [5, 5.41) is 0. The SMILES string of the molecule is O=S(=O)(Nc1cccc(Br)c1)c1ccccc1Br. The molecule has 0 saturated heterocycles. The molecule has 2 aromatic carbocycles. The Morgan fingerprint density at radius 1 is 0.944 bits per heavy atom. The van der Waals surface area contributed by atoms with E-state index < -0.39 is 10.0 Å². The fraction of sp³-hybridized carbons (Fsp3) is 0. The van der Waals surface area contributed by atoms with E-state index in [0.717, 1.165) is 4.47 Å². The molecule has 2 aromatic rings. The van der Waals surface area contributed by atoms with Crippen LogP contribution < -0.4 is 4.72 Å². The molecule has 0 heterocycles. The van der Waals surface area contributed by atoms with Crippen LogP contribution in [0.4, 0.5) is 5.69 Å². The van der Waals surface area contributed by atoms with Crippen molar-refractivity contribution in [3.05, 3.63) is 57.5 Å². The van der Waals surface area contributed by atoms with Crippen molar-refractivity contribution in [2.75, 3.05) is 4.72 Å². The van der Waals surface area contributed by atoms with Crippen LogP contribution in [0.15, 0.2) is 62.4 Å². The maximum absolute atomic E-state index is 12.2. The fourth-order valence-corrected chi connectivity index (χ4v) is 3.88. The summed E-state index contributed by atoms with van der Waals surface area (Å²) in [6, 6.07) is 13.7. The lowest BCUT2D eigenvalue weighted by atomic mass is 10.3. The van der Waals surface area contributed by atoms with Crippen molar-refractivity contribution >= 4 is 47.6 Å². The average Bonchev–Trinajstić information content (AvgIpc) is 2.28. The zero-order valence-corrected chi connectivity index (χ0v) is 13.1. The lowest BCUT2D eigenvalue weighted by Gasteiger charge is -2.09. The molecule has 1 N–H and O–H groups in total. The predicted molar refractivity (Wildman–Crippen MR) is 79.1 cm³/mol. The van der Waals surface area contributed by atoms with E-state index >= 15 is 0 Å². The van der Waals surface area contributed by atoms with Gasteiger partial charge in [0.05, 0.1) is 0 Å². The van der Waals surface area contributed by atoms with Crippen molar-refractivity contribution in [3.8, 4) is 0 Å². The van der Waals surface area contributed by atoms with E-state index in [1.807, 2.05) is 6.07 Å². The largest absolute Gasteiger partial charge is 0.280 e. The van der Waals surface area contributed by atoms with Crippen LogP contribution in [0.25, 0.3) is 0 Å². The van der Waals surface area contributed by atoms with Crippen LogP contribution >= 0.6 is 31.9 Å². The molecule has 0 aliphatic heterocycles. The first-order chi connectivity index (χ1) is 8.49. The second-order valence-electron chi connectivity index (χ2n) is 3.55. The van der Waals surface area contributed by atoms with Gasteiger partial charge in [-0.15, -0.1) is 0 Å². The summed E-state index contributed by atoms with van der Waals surface area (Å²) in [5.74, 6) is 0. The fourth-order valence-electron chi connectivity index (χ4n) is 1.42. The highest BCUT2D eigenvalue weighted by molar-refractivity contribution is 9.10. The molecule has 0 amide bonds. The third kappa shape index (κ3) is 3.13. The second-order valence-corrected chi connectivity index (χ2v) is 6.97. The van der Waals surface area contributed by atoms with Crippen LogP contribution in [0.2, 0.25) is 0 Å². The molecule has 0 saturated carbocycles. The van der Waals surface area contributed by atoms with Crippen molar-refractivity contribution in [1.29, 1.82) is 0 Å². The van der Waals surface area contributed by atoms with E-state index in [2.05, 4.69) is 36.6 Å². The van der Waals surface area contributed by atoms with E-state index in [-0.39, 0.29) is 4.90 Å². The second kappa shape index (κ2) is 5.42. The minimum Gasteiger partial charge on any atom is -0.280 e. The number of nitrogens with one attached hydrogen (secondary N) is 1. The highest BCUT2D eigenvalue weighted by atomic mass is 79.9. The van der Waals surface area contributed by atoms with Crippen LogP contribution in [-0.2, 0) is 10.0 Å². The molecule has 0 radical (unpaired) electrons. The Labute approximate surface area is 123 Å². The Kier molecular flexibility index (Phi) is 4.09. The molecular formula is C12H9Br2NO2S. The number of sulfonamides is 1. The number of hydrogen-bond donors (Lipinski definition) is 1. The van der Waals surface area contributed by atoms with Crippen LogP contribution in [0.5, 0.6) is 0 Å². The standard InChI is InChI=1S/C12H9Br2NO2S/c13-9-4-3-5-10(8-9)15-18(16,17)12-7-2-1-6-11(12)14/h1-8,15H. The molecule has 0 aliphatic rings. The van der Waals surface area contributed by atoms with E-state index in [1.54, 1.807) is 42.5 Å². The van der Waals surface area contributed by atoms with Gasteiger partial charge in [-0.3, -0.25) is 4.72 Å². The summed E-state index contributed by atoms with van der Waals surface area (Å²) in [6.45, 7) is 0. The molecule has 6 heteroatoms. The zero-order valence-electron chi connectivity index (χ0n) is 9.10. The van der Waals surface area contributed by atoms with Gasteiger partial charge in [-0.05, 0) is 46.3 Å². The minimum absolute atomic E-state index is 0.213. The lowest BCUT2D eigenvalue weighted by Crippen LogP contribution is -2.13. The molecule has 0 aliphatic carbocycles. The molecule has 0 unspecified atom stereocenters. The Balaban J connectivity index is 2.37. The van der Waals surface area contributed by atoms with Gasteiger partial charge in [0.2, 0.25) is 0 Å². The van der Waals surface area contributed by atoms with Crippen molar-refractivity contribution in [1.82, 2.24) is 0 Å². The third-order valence-corrected chi connectivity index (χ3v) is 5.09. The number of hydrogen-bond acceptors (Lipinski definition) is 2. The summed E-state index contributed by atoms with van der Waals surface area (Å²) in [6.07, 6.45) is 0. The van der Waals surface area contributed by atoms with Crippen molar-refractivity contribution in [2.24, 2.45) is 0 Å². The molecule has 2 rings (SSSR count). The van der Waals surface area contributed by atoms with Crippen molar-refractivity contribution in [2.45, 2.75) is 4.90 Å². The van der Waals surface area contributed by atoms with Gasteiger partial charge in [0.15, 0.2) is 0 Å². The van der Waals surface area contributed by atoms with Crippen LogP contribution in [0.1, 0.15) is 0 Å². The van der Waals surface area contributed by atoms with Crippen LogP contribution in [-0.4, -0.2) is 8.42 Å². The first-order valence-corrected chi connectivity index (χ1v) is 8.09. The van der Waals surface area contributed by atoms with Crippen LogP contribution in [0.3, 0.4) is 0 Å². The summed E-state index contributed by atoms with van der Waals surface area (Å²) >= 11 is 6.53. The quantitative estimate of drug-likeness (QED) is 0.860. The number of rotatable bonds is 3. The predicted octanol–water partition coefficient (Wildman–Crippen LogP) is 4.01. The molecule has 18 heavy (non-hydrogen) atoms. The van der Waals surface area contributed by atoms with Gasteiger partial charge in [-0.2, -0.15) is 0 Å². The Hall–Kier alpha value is -0.850. The lowest BCUT2D eigenvalue weighted by molar-refractivity contribution is 0.601. The molecule has 94 valence electrons. The third-order valence-electron chi connectivity index (χ3n) is 2.20. The Morgan fingerprint density at radius 2 is 1.67 bits per heavy atom. The zero-order chi connectivity index (χ0) is 13.2. The van der Waals surface area contributed by atoms with Gasteiger partial charge >= 0.3 is 0 Å². The number of benzene rings is 2. The highest BCUT2D eigenvalue weighted by Gasteiger charge is 2.16. The maximum atomic E-state index is 12.2. The number of halogens is 2. The van der Waals surface area contributed by atoms with Gasteiger partial charge in [-0.25, -0.2) is 8.42 Å². The average molecular weight is 391 g/mol. The maximum Gasteiger partial charge on any atom is 0.263 e. The van der Waals surface area contributed by atoms with Gasteiger partial charge in [0.1, 0.15) is 4.90 Å². The van der Waals surface area contributed by atoms with Crippen LogP contribution in [0, 0.1) is 0 Å². The van der Waals surface area contributed by atoms with E-state index in [0.29, 0.717) is 10.2 Å². The first kappa shape index (κ1) is 13.6. The monoisotopic (exact) mass is 389 g/mol. The summed E-state index contributed by atoms with van der Waals surface area (Å²) in [7, 11) is -3.58. The van der Waals surface area contributed by atoms with Gasteiger partial charge in [-0.1, -0.05) is 34.1 Å². The smallest absolute Gasteiger partial charge is 0.263 e. The van der Waals surface area contributed by atoms with Crippen molar-refractivity contribution < 1.29 is 8.42 Å². The number of anilines is 1. The Bertz CT molecular complexity index is 671. The highest BCUT2D eigenvalue weighted by Crippen LogP contribution is 2.24. The van der Waals surface area contributed by atoms with Gasteiger partial charge in [0, 0.05) is 14.6 Å². The van der Waals surface area contributed by atoms with E-state index in [1.165, 1.54) is 0 Å². The molecule has 3 nitrogen and oxygen atoms in total. The van der Waals surface area contributed by atoms with Gasteiger partial charge < -0.3 is 0 Å². The van der Waals surface area contributed by atoms with E-state index in [9.17, 15) is 8.42 Å². The first-order valence-electron chi connectivity index (χ1n) is 5.02. The Morgan fingerprint density at radius 3 is 2.33 bits per heavy atom. The summed E-state index contributed by atoms with van der Waals surface area (Å²) < 4.78 is 28.2. The summed E-state index contributed by atoms with van der Waals surface area (Å²) in [5.41, 5.74) is 0.514. The van der Waals surface area contributed by atoms with E-state index in [4.69, 9.17) is 0 Å². The molecule has 0 bridgehead atoms.